The van der Waals surface area contributed by atoms with Gasteiger partial charge < -0.3 is 15.2 Å². The van der Waals surface area contributed by atoms with Crippen LogP contribution < -0.4 is 15.6 Å². The summed E-state index contributed by atoms with van der Waals surface area (Å²) >= 11 is 0. The van der Waals surface area contributed by atoms with Gasteiger partial charge in [0, 0.05) is 25.1 Å². The minimum Gasteiger partial charge on any atom is -0.495 e. The van der Waals surface area contributed by atoms with Crippen LogP contribution in [0.2, 0.25) is 0 Å². The Bertz CT molecular complexity index is 796. The van der Waals surface area contributed by atoms with E-state index in [4.69, 9.17) is 4.74 Å². The molecule has 1 unspecified atom stereocenters. The molecule has 1 aliphatic rings. The number of carbonyl (C=O) groups excluding carboxylic acids is 1. The summed E-state index contributed by atoms with van der Waals surface area (Å²) in [6.07, 6.45) is 4.97. The summed E-state index contributed by atoms with van der Waals surface area (Å²) in [5, 5.41) is 18.9. The van der Waals surface area contributed by atoms with Gasteiger partial charge in [0.2, 0.25) is 5.91 Å². The topological polar surface area (TPSA) is 117 Å². The summed E-state index contributed by atoms with van der Waals surface area (Å²) in [5.74, 6) is 0.667. The van der Waals surface area contributed by atoms with Crippen LogP contribution in [0.5, 0.6) is 5.75 Å². The molecule has 1 atom stereocenters. The fourth-order valence-electron chi connectivity index (χ4n) is 3.09. The van der Waals surface area contributed by atoms with Gasteiger partial charge in [-0.1, -0.05) is 0 Å². The number of nitrogens with one attached hydrogen (secondary N) is 2. The highest BCUT2D eigenvalue weighted by Crippen LogP contribution is 2.38. The second-order valence-electron chi connectivity index (χ2n) is 6.50. The highest BCUT2D eigenvalue weighted by molar-refractivity contribution is 5.76. The molecule has 2 aromatic rings. The van der Waals surface area contributed by atoms with Gasteiger partial charge in [0.05, 0.1) is 31.1 Å². The Morgan fingerprint density at radius 2 is 2.23 bits per heavy atom. The lowest BCUT2D eigenvalue weighted by Gasteiger charge is -2.38. The second-order valence-corrected chi connectivity index (χ2v) is 6.50. The summed E-state index contributed by atoms with van der Waals surface area (Å²) in [6, 6.07) is 4.63. The van der Waals surface area contributed by atoms with Crippen molar-refractivity contribution in [2.45, 2.75) is 37.8 Å². The van der Waals surface area contributed by atoms with Crippen LogP contribution in [0.25, 0.3) is 0 Å². The van der Waals surface area contributed by atoms with Gasteiger partial charge in [0.25, 0.3) is 5.56 Å². The van der Waals surface area contributed by atoms with Gasteiger partial charge in [0.1, 0.15) is 5.75 Å². The van der Waals surface area contributed by atoms with Gasteiger partial charge in [-0.2, -0.15) is 5.10 Å². The van der Waals surface area contributed by atoms with Crippen molar-refractivity contribution >= 4 is 5.91 Å². The molecule has 2 heterocycles. The van der Waals surface area contributed by atoms with Crippen LogP contribution in [0.3, 0.4) is 0 Å². The molecule has 1 saturated carbocycles. The molecule has 26 heavy (non-hydrogen) atoms. The zero-order valence-electron chi connectivity index (χ0n) is 14.5. The Morgan fingerprint density at radius 1 is 1.42 bits per heavy atom. The standard InChI is InChI=1S/C18H22N4O4/c1-26-15-8-12(9-19-10-15)18(11-6-14(23)7-11)20-16(24)4-2-13-3-5-17(25)22-21-13/h3,5,8-11,14,18,23H,2,4,6-7H2,1H3,(H,20,24)(H,22,25). The fourth-order valence-corrected chi connectivity index (χ4v) is 3.09. The first-order valence-electron chi connectivity index (χ1n) is 8.56. The number of H-pyrrole nitrogens is 1. The molecule has 1 fully saturated rings. The van der Waals surface area contributed by atoms with E-state index in [2.05, 4.69) is 20.5 Å². The number of hydrogen-bond acceptors (Lipinski definition) is 6. The van der Waals surface area contributed by atoms with Crippen LogP contribution in [-0.2, 0) is 11.2 Å². The van der Waals surface area contributed by atoms with Crippen LogP contribution in [0.15, 0.2) is 35.4 Å². The molecular formula is C18H22N4O4. The van der Waals surface area contributed by atoms with Crippen LogP contribution in [0, 0.1) is 5.92 Å². The molecule has 0 aliphatic heterocycles. The van der Waals surface area contributed by atoms with Gasteiger partial charge in [-0.15, -0.1) is 0 Å². The Hall–Kier alpha value is -2.74. The first-order valence-corrected chi connectivity index (χ1v) is 8.56. The van der Waals surface area contributed by atoms with Crippen LogP contribution in [0.4, 0.5) is 0 Å². The van der Waals surface area contributed by atoms with E-state index in [1.54, 1.807) is 25.6 Å². The molecule has 8 heteroatoms. The summed E-state index contributed by atoms with van der Waals surface area (Å²) in [6.45, 7) is 0. The smallest absolute Gasteiger partial charge is 0.264 e. The number of aromatic nitrogens is 3. The van der Waals surface area contributed by atoms with Crippen molar-refractivity contribution in [1.82, 2.24) is 20.5 Å². The predicted octanol–water partition coefficient (Wildman–Crippen LogP) is 0.734. The Labute approximate surface area is 150 Å². The molecule has 0 saturated heterocycles. The summed E-state index contributed by atoms with van der Waals surface area (Å²) in [4.78, 5) is 27.6. The van der Waals surface area contributed by atoms with E-state index in [0.717, 1.165) is 5.56 Å². The van der Waals surface area contributed by atoms with Crippen molar-refractivity contribution in [3.63, 3.8) is 0 Å². The van der Waals surface area contributed by atoms with E-state index < -0.39 is 0 Å². The Balaban J connectivity index is 1.65. The number of ether oxygens (including phenoxy) is 1. The Kier molecular flexibility index (Phi) is 5.62. The van der Waals surface area contributed by atoms with Gasteiger partial charge in [0.15, 0.2) is 0 Å². The summed E-state index contributed by atoms with van der Waals surface area (Å²) < 4.78 is 5.22. The highest BCUT2D eigenvalue weighted by atomic mass is 16.5. The average Bonchev–Trinajstić information content (AvgIpc) is 2.63. The number of aryl methyl sites for hydroxylation is 1. The van der Waals surface area contributed by atoms with Crippen molar-refractivity contribution in [1.29, 1.82) is 0 Å². The van der Waals surface area contributed by atoms with Crippen molar-refractivity contribution in [2.75, 3.05) is 7.11 Å². The van der Waals surface area contributed by atoms with E-state index >= 15 is 0 Å². The zero-order valence-corrected chi connectivity index (χ0v) is 14.5. The Morgan fingerprint density at radius 3 is 2.88 bits per heavy atom. The van der Waals surface area contributed by atoms with Crippen molar-refractivity contribution in [2.24, 2.45) is 5.92 Å². The van der Waals surface area contributed by atoms with Crippen LogP contribution >= 0.6 is 0 Å². The number of carbonyl (C=O) groups is 1. The van der Waals surface area contributed by atoms with E-state index in [-0.39, 0.29) is 36.0 Å². The molecule has 0 aromatic carbocycles. The maximum atomic E-state index is 12.4. The summed E-state index contributed by atoms with van der Waals surface area (Å²) in [5.41, 5.74) is 1.24. The lowest BCUT2D eigenvalue weighted by Crippen LogP contribution is -2.41. The predicted molar refractivity (Wildman–Crippen MR) is 93.6 cm³/mol. The number of pyridine rings is 1. The average molecular weight is 358 g/mol. The van der Waals surface area contributed by atoms with E-state index in [9.17, 15) is 14.7 Å². The summed E-state index contributed by atoms with van der Waals surface area (Å²) in [7, 11) is 1.57. The molecule has 2 aromatic heterocycles. The molecule has 8 nitrogen and oxygen atoms in total. The molecule has 0 bridgehead atoms. The maximum absolute atomic E-state index is 12.4. The first kappa shape index (κ1) is 18.1. The van der Waals surface area contributed by atoms with Crippen LogP contribution in [0.1, 0.15) is 36.6 Å². The maximum Gasteiger partial charge on any atom is 0.264 e. The van der Waals surface area contributed by atoms with Gasteiger partial charge >= 0.3 is 0 Å². The van der Waals surface area contributed by atoms with Gasteiger partial charge in [-0.25, -0.2) is 5.10 Å². The fraction of sp³-hybridized carbons (Fsp3) is 0.444. The third kappa shape index (κ3) is 4.45. The van der Waals surface area contributed by atoms with E-state index in [0.29, 0.717) is 30.7 Å². The number of aliphatic hydroxyl groups excluding tert-OH is 1. The number of amides is 1. The zero-order chi connectivity index (χ0) is 18.5. The third-order valence-corrected chi connectivity index (χ3v) is 4.61. The normalized spacial score (nSPS) is 20.1. The molecule has 0 radical (unpaired) electrons. The number of rotatable bonds is 7. The SMILES string of the molecule is COc1cncc(C(NC(=O)CCc2ccc(=O)[nH]n2)C2CC(O)C2)c1. The minimum absolute atomic E-state index is 0.118. The van der Waals surface area contributed by atoms with Gasteiger partial charge in [-0.05, 0) is 36.5 Å². The molecule has 1 amide bonds. The monoisotopic (exact) mass is 358 g/mol. The number of methoxy groups -OCH3 is 1. The van der Waals surface area contributed by atoms with Crippen molar-refractivity contribution < 1.29 is 14.6 Å². The number of nitrogens with zero attached hydrogens (tertiary/aromatic N) is 2. The van der Waals surface area contributed by atoms with E-state index in [1.165, 1.54) is 6.07 Å². The molecule has 3 N–H and O–H groups in total. The molecular weight excluding hydrogens is 336 g/mol. The van der Waals surface area contributed by atoms with Crippen LogP contribution in [-0.4, -0.2) is 39.4 Å². The number of aromatic amines is 1. The van der Waals surface area contributed by atoms with Gasteiger partial charge in [-0.3, -0.25) is 14.6 Å². The quantitative estimate of drug-likeness (QED) is 0.672. The molecule has 3 rings (SSSR count). The van der Waals surface area contributed by atoms with Crippen molar-refractivity contribution in [3.05, 3.63) is 52.2 Å². The molecule has 1 aliphatic carbocycles. The highest BCUT2D eigenvalue weighted by Gasteiger charge is 2.35. The first-order chi connectivity index (χ1) is 12.5. The van der Waals surface area contributed by atoms with Crippen molar-refractivity contribution in [3.8, 4) is 5.75 Å². The number of hydrogen-bond donors (Lipinski definition) is 3. The lowest BCUT2D eigenvalue weighted by molar-refractivity contribution is -0.123. The second kappa shape index (κ2) is 8.09. The molecule has 0 spiro atoms. The lowest BCUT2D eigenvalue weighted by atomic mass is 9.75. The van der Waals surface area contributed by atoms with E-state index in [1.807, 2.05) is 6.07 Å². The third-order valence-electron chi connectivity index (χ3n) is 4.61. The largest absolute Gasteiger partial charge is 0.495 e. The minimum atomic E-state index is -0.316. The number of aliphatic hydroxyl groups is 1. The molecule has 138 valence electrons.